The van der Waals surface area contributed by atoms with Gasteiger partial charge in [-0.1, -0.05) is 51.9 Å². The molecule has 0 spiro atoms. The fourth-order valence-electron chi connectivity index (χ4n) is 2.01. The van der Waals surface area contributed by atoms with Gasteiger partial charge in [0.15, 0.2) is 0 Å². The van der Waals surface area contributed by atoms with E-state index in [-0.39, 0.29) is 10.8 Å². The topological polar surface area (TPSA) is 98.0 Å². The van der Waals surface area contributed by atoms with E-state index >= 15 is 0 Å². The number of rotatable bonds is 11. The van der Waals surface area contributed by atoms with Crippen LogP contribution >= 0.6 is 0 Å². The summed E-state index contributed by atoms with van der Waals surface area (Å²) in [6.45, 7) is 2.65. The van der Waals surface area contributed by atoms with Crippen molar-refractivity contribution in [2.75, 3.05) is 12.3 Å². The zero-order valence-electron chi connectivity index (χ0n) is 12.7. The normalized spacial score (nSPS) is 11.7. The monoisotopic (exact) mass is 314 g/mol. The van der Waals surface area contributed by atoms with Gasteiger partial charge in [-0.3, -0.25) is 0 Å². The molecule has 0 atom stereocenters. The van der Waals surface area contributed by atoms with Crippen LogP contribution in [0.25, 0.3) is 0 Å². The second kappa shape index (κ2) is 9.68. The molecule has 0 aliphatic rings. The average molecular weight is 314 g/mol. The quantitative estimate of drug-likeness (QED) is 0.611. The third kappa shape index (κ3) is 7.38. The number of aromatic nitrogens is 2. The first-order valence-electron chi connectivity index (χ1n) is 7.63. The molecule has 0 saturated carbocycles. The van der Waals surface area contributed by atoms with E-state index in [9.17, 15) is 8.42 Å². The maximum Gasteiger partial charge on any atom is 0.243 e. The van der Waals surface area contributed by atoms with Crippen molar-refractivity contribution in [1.29, 1.82) is 0 Å². The van der Waals surface area contributed by atoms with E-state index < -0.39 is 10.0 Å². The summed E-state index contributed by atoms with van der Waals surface area (Å²) in [6, 6.07) is 0. The predicted molar refractivity (Wildman–Crippen MR) is 84.2 cm³/mol. The predicted octanol–water partition coefficient (Wildman–Crippen LogP) is 2.48. The Kier molecular flexibility index (Phi) is 8.22. The maximum atomic E-state index is 11.9. The van der Waals surface area contributed by atoms with Crippen LogP contribution in [0.3, 0.4) is 0 Å². The van der Waals surface area contributed by atoms with E-state index in [0.717, 1.165) is 19.3 Å². The highest BCUT2D eigenvalue weighted by Gasteiger charge is 2.13. The van der Waals surface area contributed by atoms with Crippen LogP contribution in [0, 0.1) is 0 Å². The van der Waals surface area contributed by atoms with Gasteiger partial charge in [0.2, 0.25) is 16.0 Å². The lowest BCUT2D eigenvalue weighted by Crippen LogP contribution is -2.25. The van der Waals surface area contributed by atoms with Crippen molar-refractivity contribution >= 4 is 16.0 Å². The molecule has 0 fully saturated rings. The second-order valence-corrected chi connectivity index (χ2v) is 6.92. The third-order valence-corrected chi connectivity index (χ3v) is 4.70. The molecule has 0 amide bonds. The summed E-state index contributed by atoms with van der Waals surface area (Å²) >= 11 is 0. The number of nitrogens with two attached hydrogens (primary N) is 1. The second-order valence-electron chi connectivity index (χ2n) is 5.15. The molecule has 1 aromatic rings. The smallest absolute Gasteiger partial charge is 0.243 e. The Bertz CT molecular complexity index is 488. The van der Waals surface area contributed by atoms with E-state index in [1.807, 2.05) is 0 Å². The number of sulfonamides is 1. The molecule has 3 N–H and O–H groups in total. The lowest BCUT2D eigenvalue weighted by atomic mass is 10.1. The highest BCUT2D eigenvalue weighted by Crippen LogP contribution is 2.09. The number of nitrogen functional groups attached to an aromatic ring is 1. The van der Waals surface area contributed by atoms with Gasteiger partial charge in [0.25, 0.3) is 0 Å². The molecule has 0 aliphatic heterocycles. The Morgan fingerprint density at radius 3 is 2.10 bits per heavy atom. The molecule has 0 radical (unpaired) electrons. The largest absolute Gasteiger partial charge is 0.368 e. The van der Waals surface area contributed by atoms with Crippen molar-refractivity contribution in [3.63, 3.8) is 0 Å². The highest BCUT2D eigenvalue weighted by molar-refractivity contribution is 7.89. The average Bonchev–Trinajstić information content (AvgIpc) is 2.46. The van der Waals surface area contributed by atoms with Crippen molar-refractivity contribution in [3.05, 3.63) is 12.4 Å². The minimum atomic E-state index is -3.51. The number of anilines is 1. The molecule has 7 heteroatoms. The molecule has 0 unspecified atom stereocenters. The molecule has 120 valence electrons. The van der Waals surface area contributed by atoms with Crippen LogP contribution in [0.1, 0.15) is 58.3 Å². The molecular weight excluding hydrogens is 288 g/mol. The summed E-state index contributed by atoms with van der Waals surface area (Å²) in [5.41, 5.74) is 5.33. The number of nitrogens with one attached hydrogen (secondary N) is 1. The van der Waals surface area contributed by atoms with E-state index in [1.54, 1.807) is 0 Å². The maximum absolute atomic E-state index is 11.9. The molecule has 0 aromatic carbocycles. The minimum Gasteiger partial charge on any atom is -0.368 e. The van der Waals surface area contributed by atoms with Gasteiger partial charge in [0, 0.05) is 6.54 Å². The number of nitrogens with zero attached hydrogens (tertiary/aromatic N) is 2. The molecule has 1 heterocycles. The highest BCUT2D eigenvalue weighted by atomic mass is 32.2. The van der Waals surface area contributed by atoms with Crippen LogP contribution in [-0.4, -0.2) is 24.9 Å². The fraction of sp³-hybridized carbons (Fsp3) is 0.714. The van der Waals surface area contributed by atoms with Gasteiger partial charge in [-0.25, -0.2) is 23.1 Å². The molecule has 6 nitrogen and oxygen atoms in total. The summed E-state index contributed by atoms with van der Waals surface area (Å²) in [7, 11) is -3.51. The first-order valence-corrected chi connectivity index (χ1v) is 9.12. The Labute approximate surface area is 127 Å². The Morgan fingerprint density at radius 2 is 1.52 bits per heavy atom. The van der Waals surface area contributed by atoms with Gasteiger partial charge >= 0.3 is 0 Å². The third-order valence-electron chi connectivity index (χ3n) is 3.28. The van der Waals surface area contributed by atoms with Gasteiger partial charge in [-0.05, 0) is 6.42 Å². The number of hydrogen-bond donors (Lipinski definition) is 2. The first-order chi connectivity index (χ1) is 10.1. The Hall–Kier alpha value is -1.21. The van der Waals surface area contributed by atoms with Gasteiger partial charge in [-0.2, -0.15) is 0 Å². The zero-order chi connectivity index (χ0) is 15.6. The number of unbranched alkanes of at least 4 members (excludes halogenated alkanes) is 7. The van der Waals surface area contributed by atoms with Crippen molar-refractivity contribution in [1.82, 2.24) is 14.7 Å². The van der Waals surface area contributed by atoms with E-state index in [2.05, 4.69) is 21.6 Å². The van der Waals surface area contributed by atoms with E-state index in [4.69, 9.17) is 5.73 Å². The standard InChI is InChI=1S/C14H26N4O2S/c1-2-3-4-5-6-7-8-9-10-18-21(19,20)13-11-16-14(15)17-12-13/h11-12,18H,2-10H2,1H3,(H2,15,16,17). The lowest BCUT2D eigenvalue weighted by Gasteiger charge is -2.06. The van der Waals surface area contributed by atoms with Crippen LogP contribution < -0.4 is 10.5 Å². The van der Waals surface area contributed by atoms with Gasteiger partial charge < -0.3 is 5.73 Å². The first kappa shape index (κ1) is 17.8. The lowest BCUT2D eigenvalue weighted by molar-refractivity contribution is 0.558. The fourth-order valence-corrected chi connectivity index (χ4v) is 2.98. The van der Waals surface area contributed by atoms with Crippen LogP contribution in [0.4, 0.5) is 5.95 Å². The zero-order valence-corrected chi connectivity index (χ0v) is 13.5. The van der Waals surface area contributed by atoms with Crippen LogP contribution in [-0.2, 0) is 10.0 Å². The molecule has 21 heavy (non-hydrogen) atoms. The minimum absolute atomic E-state index is 0.0521. The summed E-state index contributed by atoms with van der Waals surface area (Å²) in [5.74, 6) is 0.0667. The van der Waals surface area contributed by atoms with Gasteiger partial charge in [0.05, 0.1) is 12.4 Å². The molecule has 0 aliphatic carbocycles. The summed E-state index contributed by atoms with van der Waals surface area (Å²) in [6.07, 6.45) is 11.9. The van der Waals surface area contributed by atoms with Crippen molar-refractivity contribution in [3.8, 4) is 0 Å². The van der Waals surface area contributed by atoms with Crippen LogP contribution in [0.15, 0.2) is 17.3 Å². The summed E-state index contributed by atoms with van der Waals surface area (Å²) in [5, 5.41) is 0. The van der Waals surface area contributed by atoms with Crippen LogP contribution in [0.2, 0.25) is 0 Å². The SMILES string of the molecule is CCCCCCCCCCNS(=O)(=O)c1cnc(N)nc1. The summed E-state index contributed by atoms with van der Waals surface area (Å²) < 4.78 is 26.4. The Morgan fingerprint density at radius 1 is 1.00 bits per heavy atom. The van der Waals surface area contributed by atoms with Crippen molar-refractivity contribution in [2.24, 2.45) is 0 Å². The number of hydrogen-bond acceptors (Lipinski definition) is 5. The van der Waals surface area contributed by atoms with Crippen molar-refractivity contribution < 1.29 is 8.42 Å². The molecule has 1 rings (SSSR count). The van der Waals surface area contributed by atoms with Crippen molar-refractivity contribution in [2.45, 2.75) is 63.2 Å². The van der Waals surface area contributed by atoms with Gasteiger partial charge in [0.1, 0.15) is 4.90 Å². The molecular formula is C14H26N4O2S. The summed E-state index contributed by atoms with van der Waals surface area (Å²) in [4.78, 5) is 7.42. The molecule has 0 saturated heterocycles. The molecule has 1 aromatic heterocycles. The Balaban J connectivity index is 2.15. The van der Waals surface area contributed by atoms with Gasteiger partial charge in [-0.15, -0.1) is 0 Å². The van der Waals surface area contributed by atoms with Crippen LogP contribution in [0.5, 0.6) is 0 Å². The van der Waals surface area contributed by atoms with E-state index in [1.165, 1.54) is 44.5 Å². The van der Waals surface area contributed by atoms with E-state index in [0.29, 0.717) is 6.54 Å². The molecule has 0 bridgehead atoms.